The van der Waals surface area contributed by atoms with Crippen LogP contribution >= 0.6 is 0 Å². The Labute approximate surface area is 83.8 Å². The molecule has 1 heterocycles. The minimum Gasteiger partial charge on any atom is -0.331 e. The molecule has 0 saturated heterocycles. The van der Waals surface area contributed by atoms with Crippen molar-refractivity contribution in [1.29, 1.82) is 0 Å². The average molecular weight is 188 g/mol. The van der Waals surface area contributed by atoms with Gasteiger partial charge in [0.25, 0.3) is 5.91 Å². The lowest BCUT2D eigenvalue weighted by Crippen LogP contribution is -2.26. The molecular weight excluding hydrogens is 176 g/mol. The van der Waals surface area contributed by atoms with Crippen LogP contribution in [0.2, 0.25) is 0 Å². The molecule has 0 aromatic carbocycles. The molecule has 1 amide bonds. The molecule has 14 heavy (non-hydrogen) atoms. The molecule has 0 spiro atoms. The Balaban J connectivity index is 2.85. The highest BCUT2D eigenvalue weighted by molar-refractivity contribution is 5.94. The molecule has 0 aliphatic carbocycles. The molecule has 3 heteroatoms. The van der Waals surface area contributed by atoms with Gasteiger partial charge in [-0.25, -0.2) is 0 Å². The zero-order valence-electron chi connectivity index (χ0n) is 8.32. The van der Waals surface area contributed by atoms with E-state index in [1.807, 2.05) is 6.92 Å². The summed E-state index contributed by atoms with van der Waals surface area (Å²) in [4.78, 5) is 17.2. The van der Waals surface area contributed by atoms with Gasteiger partial charge in [0, 0.05) is 24.5 Å². The van der Waals surface area contributed by atoms with Crippen LogP contribution in [0.4, 0.5) is 0 Å². The zero-order valence-corrected chi connectivity index (χ0v) is 8.32. The van der Waals surface area contributed by atoms with E-state index in [2.05, 4.69) is 10.9 Å². The Hall–Kier alpha value is -1.82. The van der Waals surface area contributed by atoms with Crippen molar-refractivity contribution in [2.45, 2.75) is 6.92 Å². The predicted molar refractivity (Wildman–Crippen MR) is 54.8 cm³/mol. The van der Waals surface area contributed by atoms with Gasteiger partial charge >= 0.3 is 0 Å². The second kappa shape index (κ2) is 4.43. The number of aromatic nitrogens is 1. The van der Waals surface area contributed by atoms with Crippen molar-refractivity contribution < 1.29 is 4.79 Å². The first-order valence-electron chi connectivity index (χ1n) is 4.26. The molecule has 0 atom stereocenters. The molecule has 0 saturated carbocycles. The fraction of sp³-hybridized carbons (Fsp3) is 0.273. The summed E-state index contributed by atoms with van der Waals surface area (Å²) in [7, 11) is 1.68. The van der Waals surface area contributed by atoms with Crippen molar-refractivity contribution >= 4 is 5.91 Å². The summed E-state index contributed by atoms with van der Waals surface area (Å²) in [5, 5.41) is 0. The zero-order chi connectivity index (χ0) is 10.6. The Bertz CT molecular complexity index is 379. The Kier molecular flexibility index (Phi) is 3.24. The molecular formula is C11H12N2O. The van der Waals surface area contributed by atoms with Gasteiger partial charge in [0.15, 0.2) is 0 Å². The van der Waals surface area contributed by atoms with Crippen LogP contribution in [0.5, 0.6) is 0 Å². The molecule has 1 aromatic rings. The van der Waals surface area contributed by atoms with E-state index >= 15 is 0 Å². The number of terminal acetylenes is 1. The third kappa shape index (κ3) is 2.33. The van der Waals surface area contributed by atoms with E-state index in [-0.39, 0.29) is 5.91 Å². The lowest BCUT2D eigenvalue weighted by Gasteiger charge is -2.13. The topological polar surface area (TPSA) is 33.2 Å². The monoisotopic (exact) mass is 188 g/mol. The molecule has 0 bridgehead atoms. The smallest absolute Gasteiger partial charge is 0.254 e. The quantitative estimate of drug-likeness (QED) is 0.651. The van der Waals surface area contributed by atoms with E-state index in [1.54, 1.807) is 25.4 Å². The van der Waals surface area contributed by atoms with E-state index < -0.39 is 0 Å². The van der Waals surface area contributed by atoms with Crippen LogP contribution in [0.1, 0.15) is 16.1 Å². The first kappa shape index (κ1) is 10.3. The van der Waals surface area contributed by atoms with Gasteiger partial charge in [-0.2, -0.15) is 0 Å². The Morgan fingerprint density at radius 3 is 3.00 bits per heavy atom. The van der Waals surface area contributed by atoms with Crippen molar-refractivity contribution in [3.63, 3.8) is 0 Å². The van der Waals surface area contributed by atoms with E-state index in [4.69, 9.17) is 6.42 Å². The number of amides is 1. The van der Waals surface area contributed by atoms with Gasteiger partial charge in [0.1, 0.15) is 0 Å². The number of carbonyl (C=O) groups is 1. The fourth-order valence-electron chi connectivity index (χ4n) is 1.11. The molecule has 0 aliphatic rings. The van der Waals surface area contributed by atoms with Crippen molar-refractivity contribution in [2.75, 3.05) is 13.6 Å². The van der Waals surface area contributed by atoms with Gasteiger partial charge in [0.2, 0.25) is 0 Å². The molecule has 0 fully saturated rings. The second-order valence-electron chi connectivity index (χ2n) is 3.05. The maximum Gasteiger partial charge on any atom is 0.254 e. The van der Waals surface area contributed by atoms with Crippen LogP contribution in [0.15, 0.2) is 18.3 Å². The summed E-state index contributed by atoms with van der Waals surface area (Å²) in [6, 6.07) is 3.43. The third-order valence-electron chi connectivity index (χ3n) is 1.82. The number of carbonyl (C=O) groups excluding carboxylic acids is 1. The Morgan fingerprint density at radius 2 is 2.43 bits per heavy atom. The number of aryl methyl sites for hydroxylation is 1. The normalized spacial score (nSPS) is 9.21. The number of hydrogen-bond donors (Lipinski definition) is 0. The highest BCUT2D eigenvalue weighted by Gasteiger charge is 2.09. The van der Waals surface area contributed by atoms with Crippen molar-refractivity contribution in [3.8, 4) is 12.3 Å². The summed E-state index contributed by atoms with van der Waals surface area (Å²) in [5.41, 5.74) is 1.44. The Morgan fingerprint density at radius 1 is 1.71 bits per heavy atom. The van der Waals surface area contributed by atoms with Crippen LogP contribution in [-0.4, -0.2) is 29.4 Å². The molecule has 0 radical (unpaired) electrons. The second-order valence-corrected chi connectivity index (χ2v) is 3.05. The number of rotatable bonds is 2. The molecule has 0 N–H and O–H groups in total. The first-order chi connectivity index (χ1) is 6.65. The standard InChI is InChI=1S/C11H12N2O/c1-4-7-13(3)11(14)10-5-6-12-9(2)8-10/h1,5-6,8H,7H2,2-3H3. The van der Waals surface area contributed by atoms with Crippen molar-refractivity contribution in [3.05, 3.63) is 29.6 Å². The van der Waals surface area contributed by atoms with Gasteiger partial charge in [0.05, 0.1) is 6.54 Å². The number of pyridine rings is 1. The van der Waals surface area contributed by atoms with E-state index in [9.17, 15) is 4.79 Å². The molecule has 72 valence electrons. The fourth-order valence-corrected chi connectivity index (χ4v) is 1.11. The van der Waals surface area contributed by atoms with Gasteiger partial charge in [-0.3, -0.25) is 9.78 Å². The number of hydrogen-bond acceptors (Lipinski definition) is 2. The third-order valence-corrected chi connectivity index (χ3v) is 1.82. The van der Waals surface area contributed by atoms with Crippen LogP contribution in [0, 0.1) is 19.3 Å². The van der Waals surface area contributed by atoms with Gasteiger partial charge in [-0.15, -0.1) is 6.42 Å². The molecule has 0 aliphatic heterocycles. The predicted octanol–water partition coefficient (Wildman–Crippen LogP) is 1.10. The minimum absolute atomic E-state index is 0.0755. The largest absolute Gasteiger partial charge is 0.331 e. The first-order valence-corrected chi connectivity index (χ1v) is 4.26. The van der Waals surface area contributed by atoms with Crippen LogP contribution in [-0.2, 0) is 0 Å². The summed E-state index contributed by atoms with van der Waals surface area (Å²) in [6.07, 6.45) is 6.74. The SMILES string of the molecule is C#CCN(C)C(=O)c1ccnc(C)c1. The average Bonchev–Trinajstić information content (AvgIpc) is 2.17. The summed E-state index contributed by atoms with van der Waals surface area (Å²) in [6.45, 7) is 2.16. The van der Waals surface area contributed by atoms with E-state index in [1.165, 1.54) is 4.90 Å². The molecule has 0 unspecified atom stereocenters. The maximum absolute atomic E-state index is 11.7. The highest BCUT2D eigenvalue weighted by Crippen LogP contribution is 2.03. The van der Waals surface area contributed by atoms with Crippen LogP contribution < -0.4 is 0 Å². The highest BCUT2D eigenvalue weighted by atomic mass is 16.2. The maximum atomic E-state index is 11.7. The molecule has 3 nitrogen and oxygen atoms in total. The van der Waals surface area contributed by atoms with Gasteiger partial charge < -0.3 is 4.90 Å². The summed E-state index contributed by atoms with van der Waals surface area (Å²) in [5.74, 6) is 2.35. The molecule has 1 aromatic heterocycles. The lowest BCUT2D eigenvalue weighted by atomic mass is 10.2. The van der Waals surface area contributed by atoms with Crippen LogP contribution in [0.3, 0.4) is 0 Å². The van der Waals surface area contributed by atoms with E-state index in [0.717, 1.165) is 5.69 Å². The van der Waals surface area contributed by atoms with Crippen molar-refractivity contribution in [2.24, 2.45) is 0 Å². The van der Waals surface area contributed by atoms with Crippen LogP contribution in [0.25, 0.3) is 0 Å². The number of nitrogens with zero attached hydrogens (tertiary/aromatic N) is 2. The van der Waals surface area contributed by atoms with Gasteiger partial charge in [-0.1, -0.05) is 5.92 Å². The van der Waals surface area contributed by atoms with Gasteiger partial charge in [-0.05, 0) is 19.1 Å². The summed E-state index contributed by atoms with van der Waals surface area (Å²) < 4.78 is 0. The molecule has 1 rings (SSSR count). The minimum atomic E-state index is -0.0755. The van der Waals surface area contributed by atoms with Crippen molar-refractivity contribution in [1.82, 2.24) is 9.88 Å². The summed E-state index contributed by atoms with van der Waals surface area (Å²) >= 11 is 0. The lowest BCUT2D eigenvalue weighted by molar-refractivity contribution is 0.0812. The van der Waals surface area contributed by atoms with E-state index in [0.29, 0.717) is 12.1 Å².